The smallest absolute Gasteiger partial charge is 0.0753 e. The van der Waals surface area contributed by atoms with Gasteiger partial charge in [-0.05, 0) is 34.2 Å². The quantitative estimate of drug-likeness (QED) is 0.545. The zero-order valence-electron chi connectivity index (χ0n) is 8.50. The van der Waals surface area contributed by atoms with E-state index in [1.807, 2.05) is 0 Å². The van der Waals surface area contributed by atoms with E-state index < -0.39 is 0 Å². The zero-order chi connectivity index (χ0) is 8.93. The maximum atomic E-state index is 5.97. The lowest BCUT2D eigenvalue weighted by molar-refractivity contribution is -0.0180. The second-order valence-electron chi connectivity index (χ2n) is 4.96. The summed E-state index contributed by atoms with van der Waals surface area (Å²) in [6.45, 7) is 7.85. The summed E-state index contributed by atoms with van der Waals surface area (Å²) in [6, 6.07) is 0.705. The fraction of sp³-hybridized carbons (Fsp3) is 1.00. The number of hydrogen-bond donors (Lipinski definition) is 0. The number of rotatable bonds is 0. The molecule has 0 aromatic carbocycles. The lowest BCUT2D eigenvalue weighted by atomic mass is 9.91. The third-order valence-electron chi connectivity index (χ3n) is 3.46. The lowest BCUT2D eigenvalue weighted by Gasteiger charge is -2.23. The van der Waals surface area contributed by atoms with Gasteiger partial charge in [-0.3, -0.25) is 0 Å². The van der Waals surface area contributed by atoms with Crippen LogP contribution in [0.4, 0.5) is 0 Å². The molecule has 0 radical (unpaired) electrons. The van der Waals surface area contributed by atoms with Crippen LogP contribution in [0.2, 0.25) is 0 Å². The number of hydrogen-bond acceptors (Lipinski definition) is 2. The average Bonchev–Trinajstić information content (AvgIpc) is 2.33. The van der Waals surface area contributed by atoms with E-state index in [4.69, 9.17) is 4.74 Å². The number of ether oxygens (including phenoxy) is 1. The van der Waals surface area contributed by atoms with Crippen LogP contribution in [0.1, 0.15) is 27.2 Å². The van der Waals surface area contributed by atoms with Gasteiger partial charge in [0.15, 0.2) is 0 Å². The molecule has 2 aliphatic heterocycles. The Hall–Kier alpha value is -0.0800. The van der Waals surface area contributed by atoms with E-state index in [2.05, 4.69) is 32.7 Å². The van der Waals surface area contributed by atoms with E-state index >= 15 is 0 Å². The first-order valence-corrected chi connectivity index (χ1v) is 4.88. The van der Waals surface area contributed by atoms with Gasteiger partial charge in [-0.1, -0.05) is 0 Å². The minimum atomic E-state index is 0.130. The highest BCUT2D eigenvalue weighted by molar-refractivity contribution is 4.99. The van der Waals surface area contributed by atoms with E-state index in [1.165, 1.54) is 6.42 Å². The Labute approximate surface area is 74.9 Å². The monoisotopic (exact) mass is 169 g/mol. The zero-order valence-corrected chi connectivity index (χ0v) is 8.50. The molecule has 0 N–H and O–H groups in total. The normalized spacial score (nSPS) is 46.5. The lowest BCUT2D eigenvalue weighted by Crippen LogP contribution is -2.30. The summed E-state index contributed by atoms with van der Waals surface area (Å²) in [5, 5.41) is 0. The summed E-state index contributed by atoms with van der Waals surface area (Å²) in [7, 11) is 2.19. The fourth-order valence-corrected chi connectivity index (χ4v) is 2.68. The van der Waals surface area contributed by atoms with E-state index in [-0.39, 0.29) is 5.60 Å². The Kier molecular flexibility index (Phi) is 1.74. The molecule has 2 fully saturated rings. The van der Waals surface area contributed by atoms with Crippen molar-refractivity contribution in [3.8, 4) is 0 Å². The third-order valence-corrected chi connectivity index (χ3v) is 3.46. The van der Waals surface area contributed by atoms with Crippen LogP contribution in [0.5, 0.6) is 0 Å². The van der Waals surface area contributed by atoms with Gasteiger partial charge in [-0.2, -0.15) is 0 Å². The van der Waals surface area contributed by atoms with Crippen molar-refractivity contribution in [3.05, 3.63) is 0 Å². The van der Waals surface area contributed by atoms with Crippen molar-refractivity contribution in [2.45, 2.75) is 44.9 Å². The first-order valence-electron chi connectivity index (χ1n) is 4.88. The maximum Gasteiger partial charge on any atom is 0.0753 e. The second kappa shape index (κ2) is 2.46. The highest BCUT2D eigenvalue weighted by Crippen LogP contribution is 2.41. The Morgan fingerprint density at radius 2 is 2.08 bits per heavy atom. The summed E-state index contributed by atoms with van der Waals surface area (Å²) >= 11 is 0. The highest BCUT2D eigenvalue weighted by atomic mass is 16.5. The van der Waals surface area contributed by atoms with Gasteiger partial charge in [0.05, 0.1) is 11.7 Å². The van der Waals surface area contributed by atoms with Crippen molar-refractivity contribution in [2.75, 3.05) is 13.6 Å². The van der Waals surface area contributed by atoms with Crippen molar-refractivity contribution in [1.29, 1.82) is 0 Å². The highest BCUT2D eigenvalue weighted by Gasteiger charge is 2.48. The predicted octanol–water partition coefficient (Wildman–Crippen LogP) is 1.50. The SMILES string of the molecule is C[C@@H]1C2CC(C)(C)OC2CN1C. The van der Waals surface area contributed by atoms with E-state index in [0.29, 0.717) is 12.1 Å². The summed E-state index contributed by atoms with van der Waals surface area (Å²) in [4.78, 5) is 2.41. The Balaban J connectivity index is 2.11. The molecule has 2 saturated heterocycles. The molecule has 70 valence electrons. The predicted molar refractivity (Wildman–Crippen MR) is 49.2 cm³/mol. The Morgan fingerprint density at radius 3 is 2.67 bits per heavy atom. The standard InChI is InChI=1S/C10H19NO/c1-7-8-5-10(2,3)12-9(8)6-11(7)4/h7-9H,5-6H2,1-4H3/t7-,8?,9?/m1/s1. The molecule has 2 nitrogen and oxygen atoms in total. The Bertz CT molecular complexity index is 190. The molecule has 0 saturated carbocycles. The van der Waals surface area contributed by atoms with Gasteiger partial charge in [-0.25, -0.2) is 0 Å². The van der Waals surface area contributed by atoms with Crippen LogP contribution < -0.4 is 0 Å². The molecule has 2 heteroatoms. The fourth-order valence-electron chi connectivity index (χ4n) is 2.68. The molecule has 0 aliphatic carbocycles. The van der Waals surface area contributed by atoms with E-state index in [1.54, 1.807) is 0 Å². The van der Waals surface area contributed by atoms with Gasteiger partial charge in [0, 0.05) is 18.5 Å². The van der Waals surface area contributed by atoms with Gasteiger partial charge < -0.3 is 9.64 Å². The third kappa shape index (κ3) is 1.17. The largest absolute Gasteiger partial charge is 0.371 e. The summed E-state index contributed by atoms with van der Waals surface area (Å²) in [5.74, 6) is 0.769. The van der Waals surface area contributed by atoms with Crippen molar-refractivity contribution in [3.63, 3.8) is 0 Å². The van der Waals surface area contributed by atoms with Crippen molar-refractivity contribution < 1.29 is 4.74 Å². The summed E-state index contributed by atoms with van der Waals surface area (Å²) in [6.07, 6.45) is 1.73. The summed E-state index contributed by atoms with van der Waals surface area (Å²) in [5.41, 5.74) is 0.130. The van der Waals surface area contributed by atoms with Crippen LogP contribution in [-0.2, 0) is 4.74 Å². The molecule has 0 aromatic heterocycles. The van der Waals surface area contributed by atoms with Crippen LogP contribution in [0.25, 0.3) is 0 Å². The number of nitrogens with zero attached hydrogens (tertiary/aromatic N) is 1. The van der Waals surface area contributed by atoms with Crippen molar-refractivity contribution in [2.24, 2.45) is 5.92 Å². The van der Waals surface area contributed by atoms with Gasteiger partial charge in [-0.15, -0.1) is 0 Å². The topological polar surface area (TPSA) is 12.5 Å². The van der Waals surface area contributed by atoms with Gasteiger partial charge in [0.1, 0.15) is 0 Å². The van der Waals surface area contributed by atoms with Crippen LogP contribution in [0.3, 0.4) is 0 Å². The van der Waals surface area contributed by atoms with Gasteiger partial charge in [0.25, 0.3) is 0 Å². The number of likely N-dealkylation sites (tertiary alicyclic amines) is 1. The molecular weight excluding hydrogens is 150 g/mol. The molecule has 0 bridgehead atoms. The van der Waals surface area contributed by atoms with Crippen molar-refractivity contribution in [1.82, 2.24) is 4.90 Å². The molecule has 2 rings (SSSR count). The minimum Gasteiger partial charge on any atom is -0.371 e. The average molecular weight is 169 g/mol. The molecule has 2 heterocycles. The molecule has 2 aliphatic rings. The Morgan fingerprint density at radius 1 is 1.42 bits per heavy atom. The first kappa shape index (κ1) is 8.52. The van der Waals surface area contributed by atoms with Gasteiger partial charge in [0.2, 0.25) is 0 Å². The molecule has 0 amide bonds. The minimum absolute atomic E-state index is 0.130. The van der Waals surface area contributed by atoms with E-state index in [0.717, 1.165) is 12.5 Å². The molecule has 0 aromatic rings. The number of likely N-dealkylation sites (N-methyl/N-ethyl adjacent to an activating group) is 1. The van der Waals surface area contributed by atoms with Crippen LogP contribution in [-0.4, -0.2) is 36.2 Å². The summed E-state index contributed by atoms with van der Waals surface area (Å²) < 4.78 is 5.97. The molecular formula is C10H19NO. The molecule has 3 atom stereocenters. The second-order valence-corrected chi connectivity index (χ2v) is 4.96. The molecule has 0 spiro atoms. The maximum absolute atomic E-state index is 5.97. The number of fused-ring (bicyclic) bond motifs is 1. The first-order chi connectivity index (χ1) is 5.49. The van der Waals surface area contributed by atoms with E-state index in [9.17, 15) is 0 Å². The van der Waals surface area contributed by atoms with Crippen LogP contribution in [0.15, 0.2) is 0 Å². The van der Waals surface area contributed by atoms with Crippen molar-refractivity contribution >= 4 is 0 Å². The molecule has 2 unspecified atom stereocenters. The van der Waals surface area contributed by atoms with Crippen LogP contribution >= 0.6 is 0 Å². The van der Waals surface area contributed by atoms with Crippen LogP contribution in [0, 0.1) is 5.92 Å². The van der Waals surface area contributed by atoms with Gasteiger partial charge >= 0.3 is 0 Å². The molecule has 12 heavy (non-hydrogen) atoms.